The lowest BCUT2D eigenvalue weighted by Crippen LogP contribution is -1.97. The highest BCUT2D eigenvalue weighted by molar-refractivity contribution is 5.95. The molecule has 72 valence electrons. The zero-order valence-corrected chi connectivity index (χ0v) is 7.94. The molecule has 0 amide bonds. The van der Waals surface area contributed by atoms with Crippen molar-refractivity contribution in [1.29, 1.82) is 0 Å². The average molecular weight is 196 g/mol. The maximum absolute atomic E-state index is 11.6. The molecule has 3 rings (SSSR count). The lowest BCUT2D eigenvalue weighted by molar-refractivity contribution is 0.603. The van der Waals surface area contributed by atoms with Crippen LogP contribution in [-0.4, -0.2) is 0 Å². The second-order valence-corrected chi connectivity index (χ2v) is 3.48. The summed E-state index contributed by atoms with van der Waals surface area (Å²) >= 11 is 0. The minimum Gasteiger partial charge on any atom is -0.464 e. The summed E-state index contributed by atoms with van der Waals surface area (Å²) in [5.41, 5.74) is 0.642. The first-order valence-electron chi connectivity index (χ1n) is 4.75. The topological polar surface area (TPSA) is 30.2 Å². The van der Waals surface area contributed by atoms with Gasteiger partial charge >= 0.3 is 0 Å². The molecule has 1 aromatic heterocycles. The summed E-state index contributed by atoms with van der Waals surface area (Å²) in [7, 11) is 0. The third-order valence-electron chi connectivity index (χ3n) is 2.53. The average Bonchev–Trinajstić information content (AvgIpc) is 2.27. The van der Waals surface area contributed by atoms with Gasteiger partial charge in [-0.3, -0.25) is 4.79 Å². The fourth-order valence-electron chi connectivity index (χ4n) is 1.77. The molecule has 3 aromatic rings. The molecule has 15 heavy (non-hydrogen) atoms. The maximum atomic E-state index is 11.6. The van der Waals surface area contributed by atoms with Crippen molar-refractivity contribution in [3.8, 4) is 0 Å². The molecule has 0 spiro atoms. The number of rotatable bonds is 0. The first kappa shape index (κ1) is 8.24. The standard InChI is InChI=1S/C13H8O2/c14-12-5-6-15-13-8-10-4-2-1-3-9(10)7-11(12)13/h1-8H. The predicted octanol–water partition coefficient (Wildman–Crippen LogP) is 2.95. The van der Waals surface area contributed by atoms with Gasteiger partial charge in [0.1, 0.15) is 5.58 Å². The fraction of sp³-hybridized carbons (Fsp3) is 0. The molecule has 0 atom stereocenters. The van der Waals surface area contributed by atoms with Crippen LogP contribution in [0, 0.1) is 0 Å². The van der Waals surface area contributed by atoms with E-state index in [1.807, 2.05) is 36.4 Å². The van der Waals surface area contributed by atoms with E-state index >= 15 is 0 Å². The SMILES string of the molecule is O=c1ccoc2cc3ccccc3cc12. The van der Waals surface area contributed by atoms with E-state index < -0.39 is 0 Å². The molecular weight excluding hydrogens is 188 g/mol. The zero-order chi connectivity index (χ0) is 10.3. The largest absolute Gasteiger partial charge is 0.464 e. The van der Waals surface area contributed by atoms with Crippen molar-refractivity contribution in [3.05, 3.63) is 59.0 Å². The molecule has 2 nitrogen and oxygen atoms in total. The Balaban J connectivity index is 2.59. The van der Waals surface area contributed by atoms with E-state index in [9.17, 15) is 4.79 Å². The van der Waals surface area contributed by atoms with Crippen LogP contribution in [0.4, 0.5) is 0 Å². The Hall–Kier alpha value is -2.09. The molecule has 0 fully saturated rings. The van der Waals surface area contributed by atoms with Gasteiger partial charge in [0, 0.05) is 6.07 Å². The molecule has 0 aliphatic rings. The van der Waals surface area contributed by atoms with E-state index in [1.165, 1.54) is 12.3 Å². The van der Waals surface area contributed by atoms with E-state index in [2.05, 4.69) is 0 Å². The minimum atomic E-state index is 0.00185. The zero-order valence-electron chi connectivity index (χ0n) is 7.94. The lowest BCUT2D eigenvalue weighted by atomic mass is 10.1. The van der Waals surface area contributed by atoms with Crippen molar-refractivity contribution < 1.29 is 4.42 Å². The normalized spacial score (nSPS) is 10.9. The Morgan fingerprint density at radius 2 is 1.67 bits per heavy atom. The van der Waals surface area contributed by atoms with Crippen molar-refractivity contribution in [2.45, 2.75) is 0 Å². The Morgan fingerprint density at radius 1 is 0.933 bits per heavy atom. The van der Waals surface area contributed by atoms with E-state index in [1.54, 1.807) is 0 Å². The van der Waals surface area contributed by atoms with Gasteiger partial charge in [0.05, 0.1) is 11.6 Å². The van der Waals surface area contributed by atoms with E-state index in [0.29, 0.717) is 11.0 Å². The van der Waals surface area contributed by atoms with Gasteiger partial charge in [-0.1, -0.05) is 24.3 Å². The second kappa shape index (κ2) is 2.95. The first-order valence-corrected chi connectivity index (χ1v) is 4.75. The molecule has 0 saturated carbocycles. The Kier molecular flexibility index (Phi) is 1.62. The van der Waals surface area contributed by atoms with Gasteiger partial charge in [0.15, 0.2) is 5.43 Å². The second-order valence-electron chi connectivity index (χ2n) is 3.48. The summed E-state index contributed by atoms with van der Waals surface area (Å²) < 4.78 is 5.30. The lowest BCUT2D eigenvalue weighted by Gasteiger charge is -1.99. The molecule has 2 heteroatoms. The molecule has 2 aromatic carbocycles. The summed E-state index contributed by atoms with van der Waals surface area (Å²) in [5, 5.41) is 2.78. The van der Waals surface area contributed by atoms with Crippen molar-refractivity contribution in [1.82, 2.24) is 0 Å². The highest BCUT2D eigenvalue weighted by Crippen LogP contribution is 2.19. The predicted molar refractivity (Wildman–Crippen MR) is 60.0 cm³/mol. The van der Waals surface area contributed by atoms with Crippen LogP contribution in [0.15, 0.2) is 57.9 Å². The van der Waals surface area contributed by atoms with Crippen LogP contribution < -0.4 is 5.43 Å². The van der Waals surface area contributed by atoms with Gasteiger partial charge in [-0.25, -0.2) is 0 Å². The van der Waals surface area contributed by atoms with Gasteiger partial charge in [0.2, 0.25) is 0 Å². The highest BCUT2D eigenvalue weighted by atomic mass is 16.3. The molecule has 0 radical (unpaired) electrons. The quantitative estimate of drug-likeness (QED) is 0.517. The molecule has 0 saturated heterocycles. The minimum absolute atomic E-state index is 0.00185. The Bertz CT molecular complexity index is 695. The van der Waals surface area contributed by atoms with Crippen LogP contribution in [0.25, 0.3) is 21.7 Å². The number of fused-ring (bicyclic) bond motifs is 2. The molecule has 0 N–H and O–H groups in total. The number of benzene rings is 2. The molecule has 1 heterocycles. The highest BCUT2D eigenvalue weighted by Gasteiger charge is 2.01. The number of hydrogen-bond acceptors (Lipinski definition) is 2. The summed E-state index contributed by atoms with van der Waals surface area (Å²) in [6.45, 7) is 0. The smallest absolute Gasteiger partial charge is 0.192 e. The van der Waals surface area contributed by atoms with Gasteiger partial charge < -0.3 is 4.42 Å². The summed E-state index contributed by atoms with van der Waals surface area (Å²) in [5.74, 6) is 0. The van der Waals surface area contributed by atoms with Crippen LogP contribution in [0.5, 0.6) is 0 Å². The third kappa shape index (κ3) is 1.22. The summed E-state index contributed by atoms with van der Waals surface area (Å²) in [6.07, 6.45) is 1.43. The van der Waals surface area contributed by atoms with Crippen molar-refractivity contribution in [3.63, 3.8) is 0 Å². The van der Waals surface area contributed by atoms with Crippen LogP contribution in [0.2, 0.25) is 0 Å². The van der Waals surface area contributed by atoms with E-state index in [0.717, 1.165) is 10.8 Å². The van der Waals surface area contributed by atoms with Crippen LogP contribution in [0.1, 0.15) is 0 Å². The summed E-state index contributed by atoms with van der Waals surface area (Å²) in [4.78, 5) is 11.6. The summed E-state index contributed by atoms with van der Waals surface area (Å²) in [6, 6.07) is 13.1. The van der Waals surface area contributed by atoms with E-state index in [4.69, 9.17) is 4.42 Å². The third-order valence-corrected chi connectivity index (χ3v) is 2.53. The Labute approximate surface area is 85.8 Å². The van der Waals surface area contributed by atoms with Crippen molar-refractivity contribution in [2.24, 2.45) is 0 Å². The maximum Gasteiger partial charge on any atom is 0.192 e. The Morgan fingerprint density at radius 3 is 2.47 bits per heavy atom. The van der Waals surface area contributed by atoms with Crippen LogP contribution in [0.3, 0.4) is 0 Å². The molecule has 0 aliphatic heterocycles. The monoisotopic (exact) mass is 196 g/mol. The molecular formula is C13H8O2. The van der Waals surface area contributed by atoms with Gasteiger partial charge in [0.25, 0.3) is 0 Å². The van der Waals surface area contributed by atoms with Crippen LogP contribution in [-0.2, 0) is 0 Å². The van der Waals surface area contributed by atoms with Crippen molar-refractivity contribution in [2.75, 3.05) is 0 Å². The van der Waals surface area contributed by atoms with Crippen LogP contribution >= 0.6 is 0 Å². The van der Waals surface area contributed by atoms with Gasteiger partial charge in [-0.05, 0) is 22.9 Å². The fourth-order valence-corrected chi connectivity index (χ4v) is 1.77. The van der Waals surface area contributed by atoms with Gasteiger partial charge in [-0.15, -0.1) is 0 Å². The van der Waals surface area contributed by atoms with E-state index in [-0.39, 0.29) is 5.43 Å². The van der Waals surface area contributed by atoms with Gasteiger partial charge in [-0.2, -0.15) is 0 Å². The number of hydrogen-bond donors (Lipinski definition) is 0. The first-order chi connectivity index (χ1) is 7.34. The van der Waals surface area contributed by atoms with Crippen molar-refractivity contribution >= 4 is 21.7 Å². The molecule has 0 bridgehead atoms. The molecule has 0 aliphatic carbocycles. The molecule has 0 unspecified atom stereocenters.